The summed E-state index contributed by atoms with van der Waals surface area (Å²) < 4.78 is 21.9. The summed E-state index contributed by atoms with van der Waals surface area (Å²) in [5.74, 6) is 0.957. The smallest absolute Gasteiger partial charge is 0.358 e. The molecule has 1 atom stereocenters. The molecule has 0 aromatic carbocycles. The van der Waals surface area contributed by atoms with Gasteiger partial charge in [-0.2, -0.15) is 0 Å². The fraction of sp³-hybridized carbons (Fsp3) is 0.353. The van der Waals surface area contributed by atoms with Crippen molar-refractivity contribution in [2.24, 2.45) is 0 Å². The minimum absolute atomic E-state index is 0.262. The van der Waals surface area contributed by atoms with Gasteiger partial charge >= 0.3 is 5.97 Å². The van der Waals surface area contributed by atoms with Crippen molar-refractivity contribution in [2.75, 3.05) is 13.2 Å². The van der Waals surface area contributed by atoms with Crippen LogP contribution in [0.4, 0.5) is 0 Å². The Labute approximate surface area is 157 Å². The van der Waals surface area contributed by atoms with E-state index in [1.807, 2.05) is 19.1 Å². The van der Waals surface area contributed by atoms with E-state index in [1.54, 1.807) is 18.5 Å². The van der Waals surface area contributed by atoms with Gasteiger partial charge in [-0.3, -0.25) is 0 Å². The molecule has 0 radical (unpaired) electrons. The highest BCUT2D eigenvalue weighted by Crippen LogP contribution is 2.32. The highest BCUT2D eigenvalue weighted by molar-refractivity contribution is 7.13. The SMILES string of the molecule is Cc1ccc(-c2nc(C(=O)O[C@@H](C)c3cnc(C4OCCO4)s3)cs2)o1. The Balaban J connectivity index is 1.42. The van der Waals surface area contributed by atoms with Gasteiger partial charge in [-0.1, -0.05) is 0 Å². The lowest BCUT2D eigenvalue weighted by Gasteiger charge is -2.09. The summed E-state index contributed by atoms with van der Waals surface area (Å²) in [5.41, 5.74) is 0.262. The number of rotatable bonds is 5. The number of carbonyl (C=O) groups excluding carboxylic acids is 1. The lowest BCUT2D eigenvalue weighted by molar-refractivity contribution is -0.0442. The summed E-state index contributed by atoms with van der Waals surface area (Å²) >= 11 is 2.75. The molecule has 0 unspecified atom stereocenters. The van der Waals surface area contributed by atoms with Crippen molar-refractivity contribution in [1.82, 2.24) is 9.97 Å². The first-order valence-electron chi connectivity index (χ1n) is 8.02. The summed E-state index contributed by atoms with van der Waals surface area (Å²) in [4.78, 5) is 21.8. The molecule has 26 heavy (non-hydrogen) atoms. The topological polar surface area (TPSA) is 83.7 Å². The van der Waals surface area contributed by atoms with E-state index in [0.717, 1.165) is 15.6 Å². The molecule has 0 aliphatic carbocycles. The zero-order valence-electron chi connectivity index (χ0n) is 14.1. The largest absolute Gasteiger partial charge is 0.459 e. The quantitative estimate of drug-likeness (QED) is 0.604. The number of carbonyl (C=O) groups is 1. The summed E-state index contributed by atoms with van der Waals surface area (Å²) in [5, 5.41) is 3.04. The Morgan fingerprint density at radius 3 is 2.88 bits per heavy atom. The molecule has 1 aliphatic rings. The molecule has 9 heteroatoms. The number of hydrogen-bond donors (Lipinski definition) is 0. The van der Waals surface area contributed by atoms with E-state index >= 15 is 0 Å². The van der Waals surface area contributed by atoms with Crippen molar-refractivity contribution >= 4 is 28.6 Å². The fourth-order valence-corrected chi connectivity index (χ4v) is 4.06. The molecule has 1 aliphatic heterocycles. The van der Waals surface area contributed by atoms with Crippen LogP contribution in [0.2, 0.25) is 0 Å². The summed E-state index contributed by atoms with van der Waals surface area (Å²) in [6, 6.07) is 3.69. The number of aromatic nitrogens is 2. The van der Waals surface area contributed by atoms with Gasteiger partial charge in [0.1, 0.15) is 16.9 Å². The van der Waals surface area contributed by atoms with Crippen LogP contribution < -0.4 is 0 Å². The maximum atomic E-state index is 12.4. The van der Waals surface area contributed by atoms with Gasteiger partial charge in [-0.05, 0) is 26.0 Å². The molecule has 0 N–H and O–H groups in total. The average Bonchev–Trinajstić information content (AvgIpc) is 3.38. The van der Waals surface area contributed by atoms with Gasteiger partial charge < -0.3 is 18.6 Å². The number of ether oxygens (including phenoxy) is 3. The third-order valence-electron chi connectivity index (χ3n) is 3.71. The molecule has 3 aromatic rings. The monoisotopic (exact) mass is 392 g/mol. The third-order valence-corrected chi connectivity index (χ3v) is 5.75. The van der Waals surface area contributed by atoms with E-state index in [1.165, 1.54) is 22.7 Å². The van der Waals surface area contributed by atoms with Crippen LogP contribution >= 0.6 is 22.7 Å². The number of thiazole rings is 2. The van der Waals surface area contributed by atoms with Crippen molar-refractivity contribution in [3.05, 3.63) is 45.0 Å². The lowest BCUT2D eigenvalue weighted by atomic mass is 10.3. The second-order valence-corrected chi connectivity index (χ2v) is 7.62. The Kier molecular flexibility index (Phi) is 4.86. The van der Waals surface area contributed by atoms with Crippen molar-refractivity contribution in [1.29, 1.82) is 0 Å². The number of aryl methyl sites for hydroxylation is 1. The number of nitrogens with zero attached hydrogens (tertiary/aromatic N) is 2. The lowest BCUT2D eigenvalue weighted by Crippen LogP contribution is -2.08. The number of esters is 1. The number of hydrogen-bond acceptors (Lipinski definition) is 9. The van der Waals surface area contributed by atoms with E-state index in [2.05, 4.69) is 9.97 Å². The Bertz CT molecular complexity index is 910. The molecule has 136 valence electrons. The first-order chi connectivity index (χ1) is 12.6. The normalized spacial score (nSPS) is 16.1. The molecule has 0 bridgehead atoms. The van der Waals surface area contributed by atoms with Gasteiger partial charge in [0.25, 0.3) is 0 Å². The van der Waals surface area contributed by atoms with E-state index in [9.17, 15) is 4.79 Å². The first kappa shape index (κ1) is 17.3. The Morgan fingerprint density at radius 1 is 1.35 bits per heavy atom. The van der Waals surface area contributed by atoms with Crippen LogP contribution in [0.3, 0.4) is 0 Å². The van der Waals surface area contributed by atoms with Crippen molar-refractivity contribution in [2.45, 2.75) is 26.2 Å². The molecular formula is C17H16N2O5S2. The predicted molar refractivity (Wildman–Crippen MR) is 95.1 cm³/mol. The molecule has 3 aromatic heterocycles. The van der Waals surface area contributed by atoms with E-state index in [4.69, 9.17) is 18.6 Å². The maximum absolute atomic E-state index is 12.4. The fourth-order valence-electron chi connectivity index (χ4n) is 2.41. The standard InChI is InChI=1S/C17H16N2O5S2/c1-9-3-4-12(23-9)14-19-11(8-25-14)16(20)24-10(2)13-7-18-15(26-13)17-21-5-6-22-17/h3-4,7-8,10,17H,5-6H2,1-2H3/t10-/m0/s1. The van der Waals surface area contributed by atoms with Gasteiger partial charge in [-0.25, -0.2) is 14.8 Å². The summed E-state index contributed by atoms with van der Waals surface area (Å²) in [6.07, 6.45) is 0.821. The molecule has 1 fully saturated rings. The van der Waals surface area contributed by atoms with Crippen LogP contribution in [0.15, 0.2) is 28.1 Å². The molecule has 0 amide bonds. The van der Waals surface area contributed by atoms with Gasteiger partial charge in [0.05, 0.1) is 18.1 Å². The average molecular weight is 392 g/mol. The second-order valence-electron chi connectivity index (χ2n) is 5.67. The van der Waals surface area contributed by atoms with Crippen LogP contribution in [0.5, 0.6) is 0 Å². The molecule has 7 nitrogen and oxygen atoms in total. The second kappa shape index (κ2) is 7.28. The third kappa shape index (κ3) is 3.56. The van der Waals surface area contributed by atoms with E-state index < -0.39 is 18.4 Å². The van der Waals surface area contributed by atoms with Crippen molar-refractivity contribution < 1.29 is 23.4 Å². The van der Waals surface area contributed by atoms with E-state index in [-0.39, 0.29) is 5.69 Å². The molecule has 0 saturated carbocycles. The van der Waals surface area contributed by atoms with Crippen molar-refractivity contribution in [3.8, 4) is 10.8 Å². The minimum atomic E-state index is -0.480. The molecule has 4 heterocycles. The molecular weight excluding hydrogens is 376 g/mol. The summed E-state index contributed by atoms with van der Waals surface area (Å²) in [6.45, 7) is 4.78. The molecule has 4 rings (SSSR count). The van der Waals surface area contributed by atoms with Crippen LogP contribution in [-0.4, -0.2) is 29.2 Å². The van der Waals surface area contributed by atoms with Gasteiger partial charge in [0.2, 0.25) is 6.29 Å². The van der Waals surface area contributed by atoms with Gasteiger partial charge in [0.15, 0.2) is 16.5 Å². The van der Waals surface area contributed by atoms with Crippen LogP contribution in [0.25, 0.3) is 10.8 Å². The van der Waals surface area contributed by atoms with Crippen molar-refractivity contribution in [3.63, 3.8) is 0 Å². The summed E-state index contributed by atoms with van der Waals surface area (Å²) in [7, 11) is 0. The number of furan rings is 1. The zero-order valence-corrected chi connectivity index (χ0v) is 15.8. The van der Waals surface area contributed by atoms with Gasteiger partial charge in [0, 0.05) is 11.6 Å². The van der Waals surface area contributed by atoms with Crippen LogP contribution in [0.1, 0.15) is 45.5 Å². The van der Waals surface area contributed by atoms with Crippen LogP contribution in [-0.2, 0) is 14.2 Å². The highest BCUT2D eigenvalue weighted by Gasteiger charge is 2.24. The predicted octanol–water partition coefficient (Wildman–Crippen LogP) is 4.13. The molecule has 1 saturated heterocycles. The Morgan fingerprint density at radius 2 is 2.15 bits per heavy atom. The zero-order chi connectivity index (χ0) is 18.1. The van der Waals surface area contributed by atoms with Crippen LogP contribution in [0, 0.1) is 6.92 Å². The highest BCUT2D eigenvalue weighted by atomic mass is 32.1. The maximum Gasteiger partial charge on any atom is 0.358 e. The molecule has 0 spiro atoms. The Hall–Kier alpha value is -2.07. The first-order valence-corrected chi connectivity index (χ1v) is 9.72. The minimum Gasteiger partial charge on any atom is -0.459 e. The van der Waals surface area contributed by atoms with E-state index in [0.29, 0.717) is 24.0 Å². The van der Waals surface area contributed by atoms with Gasteiger partial charge in [-0.15, -0.1) is 22.7 Å².